The van der Waals surface area contributed by atoms with Gasteiger partial charge in [-0.2, -0.15) is 0 Å². The fraction of sp³-hybridized carbons (Fsp3) is 0.333. The molecule has 1 aromatic heterocycles. The van der Waals surface area contributed by atoms with E-state index in [9.17, 15) is 4.79 Å². The number of imidazole rings is 1. The van der Waals surface area contributed by atoms with E-state index in [-0.39, 0.29) is 11.9 Å². The highest BCUT2D eigenvalue weighted by Crippen LogP contribution is 2.10. The first kappa shape index (κ1) is 14.3. The van der Waals surface area contributed by atoms with E-state index in [1.807, 2.05) is 48.0 Å². The summed E-state index contributed by atoms with van der Waals surface area (Å²) in [5, 5.41) is 2.82. The molecule has 0 spiro atoms. The highest BCUT2D eigenvalue weighted by Gasteiger charge is 2.08. The summed E-state index contributed by atoms with van der Waals surface area (Å²) in [6.07, 6.45) is 4.62. The van der Waals surface area contributed by atoms with Crippen molar-refractivity contribution in [1.82, 2.24) is 9.55 Å². The van der Waals surface area contributed by atoms with Crippen molar-refractivity contribution in [2.24, 2.45) is 5.73 Å². The van der Waals surface area contributed by atoms with Gasteiger partial charge in [0.05, 0.1) is 6.54 Å². The van der Waals surface area contributed by atoms with Crippen LogP contribution in [-0.4, -0.2) is 21.5 Å². The van der Waals surface area contributed by atoms with Gasteiger partial charge in [-0.1, -0.05) is 30.3 Å². The summed E-state index contributed by atoms with van der Waals surface area (Å²) in [5.74, 6) is 0.520. The Hall–Kier alpha value is -2.14. The summed E-state index contributed by atoms with van der Waals surface area (Å²) in [6.45, 7) is 2.58. The number of nitrogens with zero attached hydrogens (tertiary/aromatic N) is 2. The summed E-state index contributed by atoms with van der Waals surface area (Å²) >= 11 is 0. The Bertz CT molecular complexity index is 548. The molecule has 0 fully saturated rings. The standard InChI is InChI=1S/C15H20N4O/c1-12(16)7-8-14(20)18-15-17-9-10-19(15)11-13-5-3-2-4-6-13/h2-6,9-10,12H,7-8,11,16H2,1H3,(H,17,18,20). The van der Waals surface area contributed by atoms with E-state index in [4.69, 9.17) is 5.73 Å². The van der Waals surface area contributed by atoms with Crippen molar-refractivity contribution in [3.63, 3.8) is 0 Å². The second-order valence-electron chi connectivity index (χ2n) is 4.93. The zero-order chi connectivity index (χ0) is 14.4. The van der Waals surface area contributed by atoms with Crippen LogP contribution in [0.15, 0.2) is 42.7 Å². The number of carbonyl (C=O) groups is 1. The first-order valence-corrected chi connectivity index (χ1v) is 6.75. The van der Waals surface area contributed by atoms with Gasteiger partial charge in [-0.15, -0.1) is 0 Å². The number of nitrogens with one attached hydrogen (secondary N) is 1. The maximum Gasteiger partial charge on any atom is 0.226 e. The molecule has 5 nitrogen and oxygen atoms in total. The molecular formula is C15H20N4O. The molecule has 0 saturated heterocycles. The average molecular weight is 272 g/mol. The van der Waals surface area contributed by atoms with Gasteiger partial charge in [0.2, 0.25) is 11.9 Å². The van der Waals surface area contributed by atoms with Crippen LogP contribution in [-0.2, 0) is 11.3 Å². The molecule has 0 radical (unpaired) electrons. The van der Waals surface area contributed by atoms with Crippen molar-refractivity contribution < 1.29 is 4.79 Å². The van der Waals surface area contributed by atoms with Crippen molar-refractivity contribution in [3.8, 4) is 0 Å². The fourth-order valence-electron chi connectivity index (χ4n) is 1.89. The molecule has 0 saturated carbocycles. The van der Waals surface area contributed by atoms with E-state index in [0.29, 0.717) is 25.3 Å². The van der Waals surface area contributed by atoms with Crippen LogP contribution in [0.5, 0.6) is 0 Å². The number of hydrogen-bond acceptors (Lipinski definition) is 3. The lowest BCUT2D eigenvalue weighted by Gasteiger charge is -2.09. The lowest BCUT2D eigenvalue weighted by atomic mass is 10.2. The summed E-state index contributed by atoms with van der Waals surface area (Å²) < 4.78 is 1.92. The Kier molecular flexibility index (Phi) is 4.90. The normalized spacial score (nSPS) is 12.1. The summed E-state index contributed by atoms with van der Waals surface area (Å²) in [5.41, 5.74) is 6.81. The number of anilines is 1. The Labute approximate surface area is 118 Å². The van der Waals surface area contributed by atoms with Gasteiger partial charge in [-0.25, -0.2) is 4.98 Å². The molecule has 2 aromatic rings. The van der Waals surface area contributed by atoms with Crippen LogP contribution in [0.2, 0.25) is 0 Å². The van der Waals surface area contributed by atoms with Gasteiger partial charge in [0.15, 0.2) is 0 Å². The van der Waals surface area contributed by atoms with Gasteiger partial charge < -0.3 is 10.3 Å². The third kappa shape index (κ3) is 4.20. The van der Waals surface area contributed by atoms with Crippen molar-refractivity contribution in [1.29, 1.82) is 0 Å². The van der Waals surface area contributed by atoms with E-state index in [1.54, 1.807) is 6.20 Å². The molecule has 0 aliphatic carbocycles. The number of benzene rings is 1. The maximum absolute atomic E-state index is 11.8. The maximum atomic E-state index is 11.8. The molecule has 1 amide bonds. The molecule has 0 aliphatic rings. The molecule has 2 rings (SSSR count). The third-order valence-electron chi connectivity index (χ3n) is 2.99. The fourth-order valence-corrected chi connectivity index (χ4v) is 1.89. The SMILES string of the molecule is CC(N)CCC(=O)Nc1nccn1Cc1ccccc1. The Morgan fingerprint density at radius 2 is 2.15 bits per heavy atom. The number of rotatable bonds is 6. The molecule has 106 valence electrons. The number of carbonyl (C=O) groups excluding carboxylic acids is 1. The smallest absolute Gasteiger partial charge is 0.226 e. The van der Waals surface area contributed by atoms with E-state index < -0.39 is 0 Å². The van der Waals surface area contributed by atoms with Gasteiger partial charge in [-0.3, -0.25) is 10.1 Å². The second kappa shape index (κ2) is 6.86. The summed E-state index contributed by atoms with van der Waals surface area (Å²) in [7, 11) is 0. The highest BCUT2D eigenvalue weighted by atomic mass is 16.1. The summed E-state index contributed by atoms with van der Waals surface area (Å²) in [6, 6.07) is 10.1. The van der Waals surface area contributed by atoms with Crippen molar-refractivity contribution >= 4 is 11.9 Å². The molecule has 0 bridgehead atoms. The minimum absolute atomic E-state index is 0.0322. The van der Waals surface area contributed by atoms with Gasteiger partial charge in [0.1, 0.15) is 0 Å². The van der Waals surface area contributed by atoms with E-state index in [0.717, 1.165) is 5.56 Å². The predicted octanol–water partition coefficient (Wildman–Crippen LogP) is 2.00. The van der Waals surface area contributed by atoms with E-state index in [2.05, 4.69) is 10.3 Å². The molecule has 20 heavy (non-hydrogen) atoms. The molecule has 3 N–H and O–H groups in total. The minimum atomic E-state index is -0.0530. The van der Waals surface area contributed by atoms with Crippen LogP contribution in [0, 0.1) is 0 Å². The Morgan fingerprint density at radius 3 is 2.85 bits per heavy atom. The second-order valence-corrected chi connectivity index (χ2v) is 4.93. The Morgan fingerprint density at radius 1 is 1.40 bits per heavy atom. The van der Waals surface area contributed by atoms with Crippen LogP contribution in [0.1, 0.15) is 25.3 Å². The number of aromatic nitrogens is 2. The Balaban J connectivity index is 1.96. The van der Waals surface area contributed by atoms with Crippen LogP contribution < -0.4 is 11.1 Å². The lowest BCUT2D eigenvalue weighted by molar-refractivity contribution is -0.116. The van der Waals surface area contributed by atoms with Crippen molar-refractivity contribution in [2.45, 2.75) is 32.4 Å². The molecule has 1 aromatic carbocycles. The molecule has 1 heterocycles. The monoisotopic (exact) mass is 272 g/mol. The van der Waals surface area contributed by atoms with Gasteiger partial charge in [0, 0.05) is 24.9 Å². The average Bonchev–Trinajstić information content (AvgIpc) is 2.85. The van der Waals surface area contributed by atoms with Crippen molar-refractivity contribution in [3.05, 3.63) is 48.3 Å². The molecule has 0 aliphatic heterocycles. The molecular weight excluding hydrogens is 252 g/mol. The topological polar surface area (TPSA) is 72.9 Å². The van der Waals surface area contributed by atoms with Crippen LogP contribution in [0.25, 0.3) is 0 Å². The largest absolute Gasteiger partial charge is 0.328 e. The number of hydrogen-bond donors (Lipinski definition) is 2. The zero-order valence-electron chi connectivity index (χ0n) is 11.6. The van der Waals surface area contributed by atoms with Crippen LogP contribution in [0.3, 0.4) is 0 Å². The number of nitrogens with two attached hydrogens (primary N) is 1. The van der Waals surface area contributed by atoms with Crippen LogP contribution >= 0.6 is 0 Å². The van der Waals surface area contributed by atoms with Gasteiger partial charge in [-0.05, 0) is 18.9 Å². The highest BCUT2D eigenvalue weighted by molar-refractivity contribution is 5.89. The lowest BCUT2D eigenvalue weighted by Crippen LogP contribution is -2.21. The molecule has 1 atom stereocenters. The predicted molar refractivity (Wildman–Crippen MR) is 79.3 cm³/mol. The van der Waals surface area contributed by atoms with Crippen molar-refractivity contribution in [2.75, 3.05) is 5.32 Å². The first-order chi connectivity index (χ1) is 9.65. The first-order valence-electron chi connectivity index (χ1n) is 6.75. The minimum Gasteiger partial charge on any atom is -0.328 e. The van der Waals surface area contributed by atoms with E-state index >= 15 is 0 Å². The zero-order valence-corrected chi connectivity index (χ0v) is 11.6. The third-order valence-corrected chi connectivity index (χ3v) is 2.99. The van der Waals surface area contributed by atoms with E-state index in [1.165, 1.54) is 0 Å². The van der Waals surface area contributed by atoms with Crippen LogP contribution in [0.4, 0.5) is 5.95 Å². The summed E-state index contributed by atoms with van der Waals surface area (Å²) in [4.78, 5) is 16.0. The molecule has 1 unspecified atom stereocenters. The number of amides is 1. The quantitative estimate of drug-likeness (QED) is 0.844. The van der Waals surface area contributed by atoms with Gasteiger partial charge >= 0.3 is 0 Å². The molecule has 5 heteroatoms. The van der Waals surface area contributed by atoms with Gasteiger partial charge in [0.25, 0.3) is 0 Å².